The zero-order valence-electron chi connectivity index (χ0n) is 14.1. The van der Waals surface area contributed by atoms with Gasteiger partial charge in [-0.25, -0.2) is 5.10 Å². The Kier molecular flexibility index (Phi) is 7.76. The van der Waals surface area contributed by atoms with Crippen LogP contribution in [0.5, 0.6) is 5.88 Å². The molecule has 1 unspecified atom stereocenters. The third kappa shape index (κ3) is 5.01. The molecule has 4 heteroatoms. The first kappa shape index (κ1) is 18.0. The SMILES string of the molecule is CCCCCCC(C)(CCCCC)c1c(F)n[nH]c1OC. The third-order valence-corrected chi connectivity index (χ3v) is 4.41. The van der Waals surface area contributed by atoms with Crippen molar-refractivity contribution in [2.75, 3.05) is 7.11 Å². The lowest BCUT2D eigenvalue weighted by Gasteiger charge is -2.29. The lowest BCUT2D eigenvalue weighted by Crippen LogP contribution is -2.23. The molecule has 0 aromatic carbocycles. The summed E-state index contributed by atoms with van der Waals surface area (Å²) in [6, 6.07) is 0. The number of rotatable bonds is 11. The van der Waals surface area contributed by atoms with Gasteiger partial charge in [-0.05, 0) is 12.8 Å². The molecule has 0 fully saturated rings. The maximum Gasteiger partial charge on any atom is 0.240 e. The summed E-state index contributed by atoms with van der Waals surface area (Å²) < 4.78 is 19.4. The predicted molar refractivity (Wildman–Crippen MR) is 85.4 cm³/mol. The fourth-order valence-electron chi connectivity index (χ4n) is 3.06. The van der Waals surface area contributed by atoms with E-state index in [0.29, 0.717) is 11.4 Å². The van der Waals surface area contributed by atoms with E-state index in [1.807, 2.05) is 0 Å². The topological polar surface area (TPSA) is 37.9 Å². The average Bonchev–Trinajstić information content (AvgIpc) is 2.86. The monoisotopic (exact) mass is 298 g/mol. The van der Waals surface area contributed by atoms with Crippen molar-refractivity contribution in [2.24, 2.45) is 0 Å². The van der Waals surface area contributed by atoms with E-state index in [2.05, 4.69) is 31.0 Å². The number of ether oxygens (including phenoxy) is 1. The van der Waals surface area contributed by atoms with E-state index >= 15 is 0 Å². The minimum absolute atomic E-state index is 0.189. The fraction of sp³-hybridized carbons (Fsp3) is 0.824. The highest BCUT2D eigenvalue weighted by Gasteiger charge is 2.34. The van der Waals surface area contributed by atoms with Crippen molar-refractivity contribution < 1.29 is 9.13 Å². The molecule has 1 heterocycles. The van der Waals surface area contributed by atoms with E-state index in [9.17, 15) is 4.39 Å². The molecule has 0 amide bonds. The highest BCUT2D eigenvalue weighted by Crippen LogP contribution is 2.40. The van der Waals surface area contributed by atoms with Gasteiger partial charge in [-0.2, -0.15) is 4.39 Å². The zero-order chi connectivity index (χ0) is 15.7. The number of nitrogens with one attached hydrogen (secondary N) is 1. The Morgan fingerprint density at radius 2 is 1.62 bits per heavy atom. The maximum atomic E-state index is 14.2. The standard InChI is InChI=1S/C17H31FN2O/c1-5-7-9-11-13-17(3,12-10-8-6-2)14-15(18)19-20-16(14)21-4/h5-13H2,1-4H3,(H,19,20). The first-order chi connectivity index (χ1) is 10.1. The zero-order valence-corrected chi connectivity index (χ0v) is 14.1. The van der Waals surface area contributed by atoms with Crippen molar-refractivity contribution in [1.82, 2.24) is 10.2 Å². The van der Waals surface area contributed by atoms with Gasteiger partial charge in [-0.3, -0.25) is 0 Å². The van der Waals surface area contributed by atoms with Gasteiger partial charge in [0.25, 0.3) is 0 Å². The summed E-state index contributed by atoms with van der Waals surface area (Å²) in [5, 5.41) is 6.38. The van der Waals surface area contributed by atoms with E-state index in [1.54, 1.807) is 7.11 Å². The van der Waals surface area contributed by atoms with Crippen molar-refractivity contribution in [3.05, 3.63) is 11.5 Å². The summed E-state index contributed by atoms with van der Waals surface area (Å²) in [5.41, 5.74) is 0.448. The molecule has 0 aliphatic carbocycles. The molecule has 21 heavy (non-hydrogen) atoms. The smallest absolute Gasteiger partial charge is 0.240 e. The summed E-state index contributed by atoms with van der Waals surface area (Å²) in [5.74, 6) is 0.0864. The maximum absolute atomic E-state index is 14.2. The predicted octanol–water partition coefficient (Wildman–Crippen LogP) is 5.37. The van der Waals surface area contributed by atoms with Crippen molar-refractivity contribution in [3.63, 3.8) is 0 Å². The molecule has 0 aliphatic rings. The first-order valence-corrected chi connectivity index (χ1v) is 8.37. The number of methoxy groups -OCH3 is 1. The van der Waals surface area contributed by atoms with E-state index in [0.717, 1.165) is 25.7 Å². The van der Waals surface area contributed by atoms with E-state index in [1.165, 1.54) is 32.1 Å². The van der Waals surface area contributed by atoms with Crippen LogP contribution in [0.15, 0.2) is 0 Å². The van der Waals surface area contributed by atoms with E-state index < -0.39 is 5.95 Å². The second-order valence-electron chi connectivity index (χ2n) is 6.25. The summed E-state index contributed by atoms with van der Waals surface area (Å²) >= 11 is 0. The van der Waals surface area contributed by atoms with Gasteiger partial charge in [0.2, 0.25) is 11.8 Å². The summed E-state index contributed by atoms with van der Waals surface area (Å²) in [4.78, 5) is 0. The van der Waals surface area contributed by atoms with Gasteiger partial charge >= 0.3 is 0 Å². The van der Waals surface area contributed by atoms with Crippen LogP contribution in [0.25, 0.3) is 0 Å². The molecule has 0 radical (unpaired) electrons. The van der Waals surface area contributed by atoms with Crippen LogP contribution in [-0.2, 0) is 5.41 Å². The van der Waals surface area contributed by atoms with E-state index in [-0.39, 0.29) is 5.41 Å². The summed E-state index contributed by atoms with van der Waals surface area (Å²) in [6.45, 7) is 6.56. The Labute approximate surface area is 128 Å². The Bertz CT molecular complexity index is 405. The van der Waals surface area contributed by atoms with Crippen molar-refractivity contribution >= 4 is 0 Å². The van der Waals surface area contributed by atoms with Gasteiger partial charge < -0.3 is 4.74 Å². The van der Waals surface area contributed by atoms with Crippen LogP contribution >= 0.6 is 0 Å². The lowest BCUT2D eigenvalue weighted by molar-refractivity contribution is 0.326. The molecule has 0 bridgehead atoms. The second kappa shape index (κ2) is 9.06. The van der Waals surface area contributed by atoms with Gasteiger partial charge in [0.1, 0.15) is 0 Å². The number of aromatic amines is 1. The largest absolute Gasteiger partial charge is 0.481 e. The Hall–Kier alpha value is -1.06. The Morgan fingerprint density at radius 3 is 2.19 bits per heavy atom. The second-order valence-corrected chi connectivity index (χ2v) is 6.25. The van der Waals surface area contributed by atoms with Gasteiger partial charge in [0.05, 0.1) is 12.7 Å². The normalized spacial score (nSPS) is 14.1. The molecular weight excluding hydrogens is 267 g/mol. The summed E-state index contributed by atoms with van der Waals surface area (Å²) in [7, 11) is 1.57. The highest BCUT2D eigenvalue weighted by atomic mass is 19.1. The summed E-state index contributed by atoms with van der Waals surface area (Å²) in [6.07, 6.45) is 10.3. The van der Waals surface area contributed by atoms with Gasteiger partial charge in [-0.1, -0.05) is 65.7 Å². The van der Waals surface area contributed by atoms with E-state index in [4.69, 9.17) is 4.74 Å². The number of H-pyrrole nitrogens is 1. The number of nitrogens with zero attached hydrogens (tertiary/aromatic N) is 1. The molecule has 1 atom stereocenters. The van der Waals surface area contributed by atoms with Crippen molar-refractivity contribution in [2.45, 2.75) is 84.0 Å². The number of unbranched alkanes of at least 4 members (excludes halogenated alkanes) is 5. The minimum atomic E-state index is -0.402. The number of hydrogen-bond donors (Lipinski definition) is 1. The molecule has 3 nitrogen and oxygen atoms in total. The Balaban J connectivity index is 2.85. The first-order valence-electron chi connectivity index (χ1n) is 8.37. The lowest BCUT2D eigenvalue weighted by atomic mass is 9.75. The van der Waals surface area contributed by atoms with Crippen LogP contribution in [-0.4, -0.2) is 17.3 Å². The van der Waals surface area contributed by atoms with Crippen molar-refractivity contribution in [3.8, 4) is 5.88 Å². The fourth-order valence-corrected chi connectivity index (χ4v) is 3.06. The highest BCUT2D eigenvalue weighted by molar-refractivity contribution is 5.32. The van der Waals surface area contributed by atoms with Crippen molar-refractivity contribution in [1.29, 1.82) is 0 Å². The quantitative estimate of drug-likeness (QED) is 0.558. The molecule has 122 valence electrons. The van der Waals surface area contributed by atoms with Crippen LogP contribution < -0.4 is 4.74 Å². The molecular formula is C17H31FN2O. The molecule has 1 aromatic heterocycles. The molecule has 0 saturated heterocycles. The van der Waals surface area contributed by atoms with Crippen LogP contribution in [0.1, 0.15) is 84.1 Å². The third-order valence-electron chi connectivity index (χ3n) is 4.41. The van der Waals surface area contributed by atoms with Crippen LogP contribution in [0.3, 0.4) is 0 Å². The number of hydrogen-bond acceptors (Lipinski definition) is 2. The van der Waals surface area contributed by atoms with Crippen LogP contribution in [0.4, 0.5) is 4.39 Å². The average molecular weight is 298 g/mol. The molecule has 0 saturated carbocycles. The number of halogens is 1. The molecule has 0 aliphatic heterocycles. The van der Waals surface area contributed by atoms with Gasteiger partial charge in [0.15, 0.2) is 0 Å². The van der Waals surface area contributed by atoms with Gasteiger partial charge in [-0.15, -0.1) is 5.10 Å². The molecule has 1 aromatic rings. The molecule has 1 rings (SSSR count). The molecule has 1 N–H and O–H groups in total. The van der Waals surface area contributed by atoms with Crippen LogP contribution in [0, 0.1) is 5.95 Å². The minimum Gasteiger partial charge on any atom is -0.481 e. The molecule has 0 spiro atoms. The van der Waals surface area contributed by atoms with Crippen LogP contribution in [0.2, 0.25) is 0 Å². The Morgan fingerprint density at radius 1 is 1.05 bits per heavy atom. The number of aromatic nitrogens is 2. The van der Waals surface area contributed by atoms with Gasteiger partial charge in [0, 0.05) is 5.41 Å².